The van der Waals surface area contributed by atoms with Crippen LogP contribution in [0.3, 0.4) is 0 Å². The lowest BCUT2D eigenvalue weighted by atomic mass is 9.97. The van der Waals surface area contributed by atoms with Crippen LogP contribution in [0, 0.1) is 12.8 Å². The van der Waals surface area contributed by atoms with Gasteiger partial charge in [-0.3, -0.25) is 4.79 Å². The fourth-order valence-electron chi connectivity index (χ4n) is 3.57. The molecule has 1 heterocycles. The van der Waals surface area contributed by atoms with Crippen LogP contribution in [0.25, 0.3) is 0 Å². The third kappa shape index (κ3) is 4.76. The van der Waals surface area contributed by atoms with Crippen LogP contribution >= 0.6 is 0 Å². The molecule has 1 fully saturated rings. The molecule has 162 valence electrons. The van der Waals surface area contributed by atoms with E-state index in [4.69, 9.17) is 9.47 Å². The summed E-state index contributed by atoms with van der Waals surface area (Å²) in [4.78, 5) is 12.9. The highest BCUT2D eigenvalue weighted by Crippen LogP contribution is 2.31. The fourth-order valence-corrected chi connectivity index (χ4v) is 5.28. The predicted octanol–water partition coefficient (Wildman–Crippen LogP) is 3.44. The molecule has 2 aromatic carbocycles. The highest BCUT2D eigenvalue weighted by molar-refractivity contribution is 7.89. The van der Waals surface area contributed by atoms with Crippen molar-refractivity contribution in [2.24, 2.45) is 5.92 Å². The number of ether oxygens (including phenoxy) is 2. The minimum Gasteiger partial charge on any atom is -0.495 e. The van der Waals surface area contributed by atoms with Crippen LogP contribution in [0.1, 0.15) is 25.3 Å². The second kappa shape index (κ2) is 9.49. The summed E-state index contributed by atoms with van der Waals surface area (Å²) in [6, 6.07) is 12.4. The Morgan fingerprint density at radius 3 is 2.50 bits per heavy atom. The van der Waals surface area contributed by atoms with Crippen molar-refractivity contribution in [2.45, 2.75) is 31.6 Å². The van der Waals surface area contributed by atoms with Gasteiger partial charge >= 0.3 is 0 Å². The molecule has 1 saturated heterocycles. The number of carbonyl (C=O) groups excluding carboxylic acids is 1. The Hall–Kier alpha value is -2.58. The normalized spacial score (nSPS) is 15.6. The summed E-state index contributed by atoms with van der Waals surface area (Å²) in [6.07, 6.45) is 0.909. The van der Waals surface area contributed by atoms with E-state index >= 15 is 0 Å². The first kappa shape index (κ1) is 22.1. The van der Waals surface area contributed by atoms with E-state index in [2.05, 4.69) is 5.32 Å². The molecule has 1 N–H and O–H groups in total. The average molecular weight is 433 g/mol. The van der Waals surface area contributed by atoms with Gasteiger partial charge in [0, 0.05) is 19.0 Å². The molecule has 2 aromatic rings. The number of rotatable bonds is 7. The van der Waals surface area contributed by atoms with Crippen LogP contribution in [-0.4, -0.2) is 45.4 Å². The number of nitrogens with one attached hydrogen (secondary N) is 1. The minimum absolute atomic E-state index is 0.118. The molecule has 8 heteroatoms. The summed E-state index contributed by atoms with van der Waals surface area (Å²) in [5, 5.41) is 2.92. The molecule has 0 spiro atoms. The summed E-state index contributed by atoms with van der Waals surface area (Å²) in [7, 11) is -2.23. The van der Waals surface area contributed by atoms with Crippen molar-refractivity contribution in [3.8, 4) is 11.5 Å². The van der Waals surface area contributed by atoms with Crippen molar-refractivity contribution in [2.75, 3.05) is 32.1 Å². The maximum absolute atomic E-state index is 13.1. The van der Waals surface area contributed by atoms with Crippen molar-refractivity contribution in [1.82, 2.24) is 4.31 Å². The Morgan fingerprint density at radius 1 is 1.13 bits per heavy atom. The number of sulfonamides is 1. The standard InChI is InChI=1S/C22H28N2O5S/c1-4-29-19-8-6-5-7-18(19)23-22(25)17-11-13-24(14-12-17)30(26,27)21-15-16(2)9-10-20(21)28-3/h5-10,15,17H,4,11-14H2,1-3H3,(H,23,25). The third-order valence-corrected chi connectivity index (χ3v) is 7.13. The summed E-state index contributed by atoms with van der Waals surface area (Å²) in [5.41, 5.74) is 1.47. The number of methoxy groups -OCH3 is 1. The maximum Gasteiger partial charge on any atom is 0.246 e. The van der Waals surface area contributed by atoms with Crippen LogP contribution in [0.4, 0.5) is 5.69 Å². The number of piperidine rings is 1. The Labute approximate surface area is 178 Å². The van der Waals surface area contributed by atoms with Gasteiger partial charge < -0.3 is 14.8 Å². The smallest absolute Gasteiger partial charge is 0.246 e. The highest BCUT2D eigenvalue weighted by atomic mass is 32.2. The molecule has 0 aliphatic carbocycles. The van der Waals surface area contributed by atoms with E-state index < -0.39 is 10.0 Å². The molecule has 1 aliphatic rings. The number of anilines is 1. The van der Waals surface area contributed by atoms with Crippen LogP contribution in [0.15, 0.2) is 47.4 Å². The largest absolute Gasteiger partial charge is 0.495 e. The molecular formula is C22H28N2O5S. The van der Waals surface area contributed by atoms with Crippen LogP contribution < -0.4 is 14.8 Å². The topological polar surface area (TPSA) is 84.9 Å². The summed E-state index contributed by atoms with van der Waals surface area (Å²) < 4.78 is 38.5. The van der Waals surface area contributed by atoms with Crippen molar-refractivity contribution in [3.05, 3.63) is 48.0 Å². The lowest BCUT2D eigenvalue weighted by molar-refractivity contribution is -0.120. The third-order valence-electron chi connectivity index (χ3n) is 5.21. The van der Waals surface area contributed by atoms with Crippen LogP contribution in [-0.2, 0) is 14.8 Å². The fraction of sp³-hybridized carbons (Fsp3) is 0.409. The molecule has 7 nitrogen and oxygen atoms in total. The van der Waals surface area contributed by atoms with Gasteiger partial charge in [0.2, 0.25) is 15.9 Å². The van der Waals surface area contributed by atoms with E-state index in [1.54, 1.807) is 18.2 Å². The number of hydrogen-bond donors (Lipinski definition) is 1. The van der Waals surface area contributed by atoms with Gasteiger partial charge in [0.25, 0.3) is 0 Å². The van der Waals surface area contributed by atoms with Gasteiger partial charge in [0.15, 0.2) is 0 Å². The second-order valence-corrected chi connectivity index (χ2v) is 9.16. The van der Waals surface area contributed by atoms with Gasteiger partial charge in [-0.15, -0.1) is 0 Å². The Balaban J connectivity index is 1.67. The molecule has 0 saturated carbocycles. The van der Waals surface area contributed by atoms with Crippen LogP contribution in [0.2, 0.25) is 0 Å². The lowest BCUT2D eigenvalue weighted by Gasteiger charge is -2.31. The van der Waals surface area contributed by atoms with Crippen molar-refractivity contribution in [1.29, 1.82) is 0 Å². The molecule has 1 aliphatic heterocycles. The van der Waals surface area contributed by atoms with E-state index in [9.17, 15) is 13.2 Å². The first-order chi connectivity index (χ1) is 14.4. The first-order valence-electron chi connectivity index (χ1n) is 10.0. The van der Waals surface area contributed by atoms with Gasteiger partial charge in [0.1, 0.15) is 16.4 Å². The molecular weight excluding hydrogens is 404 g/mol. The lowest BCUT2D eigenvalue weighted by Crippen LogP contribution is -2.41. The van der Waals surface area contributed by atoms with Crippen molar-refractivity contribution in [3.63, 3.8) is 0 Å². The average Bonchev–Trinajstić information content (AvgIpc) is 2.75. The number of para-hydroxylation sites is 2. The summed E-state index contributed by atoms with van der Waals surface area (Å²) in [5.74, 6) is 0.575. The predicted molar refractivity (Wildman–Crippen MR) is 115 cm³/mol. The monoisotopic (exact) mass is 432 g/mol. The number of hydrogen-bond acceptors (Lipinski definition) is 5. The number of benzene rings is 2. The SMILES string of the molecule is CCOc1ccccc1NC(=O)C1CCN(S(=O)(=O)c2cc(C)ccc2OC)CC1. The van der Waals surface area contributed by atoms with Gasteiger partial charge in [-0.2, -0.15) is 4.31 Å². The molecule has 3 rings (SSSR count). The molecule has 1 amide bonds. The van der Waals surface area contributed by atoms with Crippen LogP contribution in [0.5, 0.6) is 11.5 Å². The zero-order valence-electron chi connectivity index (χ0n) is 17.6. The molecule has 30 heavy (non-hydrogen) atoms. The zero-order valence-corrected chi connectivity index (χ0v) is 18.4. The van der Waals surface area contributed by atoms with Gasteiger partial charge in [-0.05, 0) is 56.5 Å². The molecule has 0 radical (unpaired) electrons. The summed E-state index contributed by atoms with van der Waals surface area (Å²) >= 11 is 0. The number of aryl methyl sites for hydroxylation is 1. The Morgan fingerprint density at radius 2 is 1.83 bits per heavy atom. The molecule has 0 atom stereocenters. The summed E-state index contributed by atoms with van der Waals surface area (Å²) in [6.45, 7) is 4.80. The number of carbonyl (C=O) groups is 1. The van der Waals surface area contributed by atoms with Gasteiger partial charge in [0.05, 0.1) is 19.4 Å². The quantitative estimate of drug-likeness (QED) is 0.724. The Bertz CT molecular complexity index is 998. The van der Waals surface area contributed by atoms with Gasteiger partial charge in [-0.1, -0.05) is 18.2 Å². The van der Waals surface area contributed by atoms with E-state index in [0.29, 0.717) is 36.6 Å². The van der Waals surface area contributed by atoms with Crippen molar-refractivity contribution < 1.29 is 22.7 Å². The Kier molecular flexibility index (Phi) is 6.99. The van der Waals surface area contributed by atoms with E-state index in [1.165, 1.54) is 11.4 Å². The number of nitrogens with zero attached hydrogens (tertiary/aromatic N) is 1. The highest BCUT2D eigenvalue weighted by Gasteiger charge is 2.34. The van der Waals surface area contributed by atoms with E-state index in [1.807, 2.05) is 38.1 Å². The molecule has 0 unspecified atom stereocenters. The van der Waals surface area contributed by atoms with E-state index in [0.717, 1.165) is 5.56 Å². The second-order valence-electron chi connectivity index (χ2n) is 7.25. The number of amides is 1. The maximum atomic E-state index is 13.1. The molecule has 0 aromatic heterocycles. The molecule has 0 bridgehead atoms. The van der Waals surface area contributed by atoms with Crippen molar-refractivity contribution >= 4 is 21.6 Å². The van der Waals surface area contributed by atoms with E-state index in [-0.39, 0.29) is 29.8 Å². The zero-order chi connectivity index (χ0) is 21.7. The van der Waals surface area contributed by atoms with Gasteiger partial charge in [-0.25, -0.2) is 8.42 Å². The minimum atomic E-state index is -3.69. The first-order valence-corrected chi connectivity index (χ1v) is 11.5.